The summed E-state index contributed by atoms with van der Waals surface area (Å²) in [6.07, 6.45) is 0. The minimum absolute atomic E-state index is 0. The van der Waals surface area contributed by atoms with Crippen molar-refractivity contribution in [1.29, 1.82) is 0 Å². The van der Waals surface area contributed by atoms with E-state index in [0.29, 0.717) is 10.8 Å². The second-order valence-corrected chi connectivity index (χ2v) is 3.24. The number of nitro groups is 1. The van der Waals surface area contributed by atoms with E-state index in [1.807, 2.05) is 0 Å². The van der Waals surface area contributed by atoms with E-state index in [1.54, 1.807) is 30.3 Å². The molecule has 82 valence electrons. The van der Waals surface area contributed by atoms with Crippen LogP contribution in [0.3, 0.4) is 0 Å². The number of rotatable bonds is 2. The Morgan fingerprint density at radius 1 is 1.18 bits per heavy atom. The summed E-state index contributed by atoms with van der Waals surface area (Å²) < 4.78 is 0. The minimum atomic E-state index is -1.29. The first-order valence-electron chi connectivity index (χ1n) is 4.50. The molecule has 0 aliphatic rings. The zero-order valence-electron chi connectivity index (χ0n) is 8.79. The number of carboxylic acid groups (broad SMARTS) is 1. The maximum atomic E-state index is 11.0. The molecule has 0 aliphatic carbocycles. The number of nitro benzene ring substituents is 1. The van der Waals surface area contributed by atoms with Crippen molar-refractivity contribution in [3.05, 3.63) is 52.1 Å². The SMILES string of the molecule is O=C(O)c1c([N+](=O)[O-])ccc2ccccc12.[Mg]. The van der Waals surface area contributed by atoms with Crippen molar-refractivity contribution in [2.45, 2.75) is 0 Å². The molecule has 2 aromatic rings. The topological polar surface area (TPSA) is 80.4 Å². The molecule has 1 N–H and O–H groups in total. The average molecular weight is 241 g/mol. The van der Waals surface area contributed by atoms with Crippen LogP contribution < -0.4 is 0 Å². The van der Waals surface area contributed by atoms with Gasteiger partial charge in [0.25, 0.3) is 5.69 Å². The van der Waals surface area contributed by atoms with E-state index in [9.17, 15) is 14.9 Å². The van der Waals surface area contributed by atoms with E-state index in [1.165, 1.54) is 6.07 Å². The van der Waals surface area contributed by atoms with E-state index < -0.39 is 10.9 Å². The summed E-state index contributed by atoms with van der Waals surface area (Å²) in [5, 5.41) is 20.8. The van der Waals surface area contributed by atoms with Gasteiger partial charge in [0, 0.05) is 34.5 Å². The number of fused-ring (bicyclic) bond motifs is 1. The molecule has 2 radical (unpaired) electrons. The number of hydrogen-bond donors (Lipinski definition) is 1. The standard InChI is InChI=1S/C11H7NO4.Mg/c13-11(14)10-8-4-2-1-3-7(8)5-6-9(10)12(15)16;/h1-6H,(H,13,14);. The zero-order chi connectivity index (χ0) is 11.7. The zero-order valence-corrected chi connectivity index (χ0v) is 10.2. The smallest absolute Gasteiger partial charge is 0.343 e. The Hall–Kier alpha value is -1.66. The summed E-state index contributed by atoms with van der Waals surface area (Å²) in [4.78, 5) is 21.1. The van der Waals surface area contributed by atoms with Gasteiger partial charge in [0.1, 0.15) is 5.56 Å². The third kappa shape index (κ3) is 2.37. The van der Waals surface area contributed by atoms with Gasteiger partial charge < -0.3 is 5.11 Å². The van der Waals surface area contributed by atoms with E-state index in [4.69, 9.17) is 5.11 Å². The molecule has 0 saturated carbocycles. The van der Waals surface area contributed by atoms with Gasteiger partial charge in [-0.2, -0.15) is 0 Å². The van der Waals surface area contributed by atoms with E-state index in [2.05, 4.69) is 0 Å². The highest BCUT2D eigenvalue weighted by atomic mass is 24.3. The summed E-state index contributed by atoms with van der Waals surface area (Å²) in [7, 11) is 0. The van der Waals surface area contributed by atoms with Crippen LogP contribution in [0.15, 0.2) is 36.4 Å². The van der Waals surface area contributed by atoms with Gasteiger partial charge in [-0.15, -0.1) is 0 Å². The molecule has 0 aliphatic heterocycles. The van der Waals surface area contributed by atoms with Crippen molar-refractivity contribution < 1.29 is 14.8 Å². The minimum Gasteiger partial charge on any atom is -0.477 e. The molecular formula is C11H7MgNO4. The lowest BCUT2D eigenvalue weighted by Gasteiger charge is -2.02. The van der Waals surface area contributed by atoms with Crippen molar-refractivity contribution in [2.24, 2.45) is 0 Å². The Bertz CT molecular complexity index is 597. The lowest BCUT2D eigenvalue weighted by molar-refractivity contribution is -0.385. The molecule has 17 heavy (non-hydrogen) atoms. The van der Waals surface area contributed by atoms with Crippen molar-refractivity contribution in [3.63, 3.8) is 0 Å². The number of carboxylic acids is 1. The average Bonchev–Trinajstić information content (AvgIpc) is 2.27. The van der Waals surface area contributed by atoms with Gasteiger partial charge in [0.15, 0.2) is 0 Å². The third-order valence-electron chi connectivity index (χ3n) is 2.32. The lowest BCUT2D eigenvalue weighted by Crippen LogP contribution is -2.03. The molecule has 0 heterocycles. The maximum Gasteiger partial charge on any atom is 0.343 e. The number of carbonyl (C=O) groups is 1. The monoisotopic (exact) mass is 241 g/mol. The van der Waals surface area contributed by atoms with Crippen molar-refractivity contribution >= 4 is 45.5 Å². The van der Waals surface area contributed by atoms with Crippen molar-refractivity contribution in [3.8, 4) is 0 Å². The van der Waals surface area contributed by atoms with Crippen LogP contribution in [0.2, 0.25) is 0 Å². The fourth-order valence-corrected chi connectivity index (χ4v) is 1.64. The van der Waals surface area contributed by atoms with Gasteiger partial charge in [0.2, 0.25) is 0 Å². The first-order chi connectivity index (χ1) is 7.61. The number of aromatic carboxylic acids is 1. The normalized spacial score (nSPS) is 9.65. The Kier molecular flexibility index (Phi) is 4.03. The first-order valence-corrected chi connectivity index (χ1v) is 4.50. The predicted molar refractivity (Wildman–Crippen MR) is 63.3 cm³/mol. The van der Waals surface area contributed by atoms with Crippen LogP contribution in [0.25, 0.3) is 10.8 Å². The van der Waals surface area contributed by atoms with Crippen LogP contribution in [0.1, 0.15) is 10.4 Å². The van der Waals surface area contributed by atoms with E-state index >= 15 is 0 Å². The largest absolute Gasteiger partial charge is 0.477 e. The molecule has 0 amide bonds. The lowest BCUT2D eigenvalue weighted by atomic mass is 10.0. The van der Waals surface area contributed by atoms with Crippen LogP contribution >= 0.6 is 0 Å². The van der Waals surface area contributed by atoms with Gasteiger partial charge in [-0.3, -0.25) is 10.1 Å². The fraction of sp³-hybridized carbons (Fsp3) is 0. The first kappa shape index (κ1) is 13.4. The fourth-order valence-electron chi connectivity index (χ4n) is 1.64. The van der Waals surface area contributed by atoms with Gasteiger partial charge >= 0.3 is 5.97 Å². The van der Waals surface area contributed by atoms with Crippen LogP contribution in [-0.4, -0.2) is 39.1 Å². The molecule has 0 bridgehead atoms. The predicted octanol–water partition coefficient (Wildman–Crippen LogP) is 2.07. The highest BCUT2D eigenvalue weighted by Crippen LogP contribution is 2.27. The highest BCUT2D eigenvalue weighted by molar-refractivity contribution is 6.07. The Morgan fingerprint density at radius 2 is 1.82 bits per heavy atom. The Balaban J connectivity index is 0.00000144. The maximum absolute atomic E-state index is 11.0. The van der Waals surface area contributed by atoms with Gasteiger partial charge in [0.05, 0.1) is 4.92 Å². The molecule has 5 nitrogen and oxygen atoms in total. The second-order valence-electron chi connectivity index (χ2n) is 3.24. The Labute approximate surface area is 112 Å². The molecule has 0 fully saturated rings. The molecule has 0 aromatic heterocycles. The molecule has 0 unspecified atom stereocenters. The summed E-state index contributed by atoms with van der Waals surface area (Å²) in [6.45, 7) is 0. The molecule has 2 rings (SSSR count). The molecule has 0 saturated heterocycles. The molecule has 0 atom stereocenters. The van der Waals surface area contributed by atoms with Crippen LogP contribution in [-0.2, 0) is 0 Å². The number of benzene rings is 2. The van der Waals surface area contributed by atoms with Crippen LogP contribution in [0, 0.1) is 10.1 Å². The molecular weight excluding hydrogens is 234 g/mol. The highest BCUT2D eigenvalue weighted by Gasteiger charge is 2.22. The quantitative estimate of drug-likeness (QED) is 0.496. The third-order valence-corrected chi connectivity index (χ3v) is 2.32. The van der Waals surface area contributed by atoms with Gasteiger partial charge in [-0.25, -0.2) is 4.79 Å². The Morgan fingerprint density at radius 3 is 2.41 bits per heavy atom. The summed E-state index contributed by atoms with van der Waals surface area (Å²) in [5.74, 6) is -1.29. The molecule has 2 aromatic carbocycles. The second kappa shape index (κ2) is 5.11. The van der Waals surface area contributed by atoms with E-state index in [-0.39, 0.29) is 34.3 Å². The van der Waals surface area contributed by atoms with Crippen LogP contribution in [0.5, 0.6) is 0 Å². The van der Waals surface area contributed by atoms with Crippen molar-refractivity contribution in [1.82, 2.24) is 0 Å². The summed E-state index contributed by atoms with van der Waals surface area (Å²) >= 11 is 0. The van der Waals surface area contributed by atoms with Gasteiger partial charge in [-0.1, -0.05) is 24.3 Å². The number of hydrogen-bond acceptors (Lipinski definition) is 3. The molecule has 6 heteroatoms. The van der Waals surface area contributed by atoms with Gasteiger partial charge in [-0.05, 0) is 11.5 Å². The molecule has 0 spiro atoms. The van der Waals surface area contributed by atoms with E-state index in [0.717, 1.165) is 0 Å². The van der Waals surface area contributed by atoms with Crippen molar-refractivity contribution in [2.75, 3.05) is 0 Å². The summed E-state index contributed by atoms with van der Waals surface area (Å²) in [6, 6.07) is 9.43. The number of nitrogens with zero attached hydrogens (tertiary/aromatic N) is 1. The van der Waals surface area contributed by atoms with Crippen LogP contribution in [0.4, 0.5) is 5.69 Å². The summed E-state index contributed by atoms with van der Waals surface area (Å²) in [5.41, 5.74) is -0.644.